The maximum Gasteiger partial charge on any atom is 0.182 e. The van der Waals surface area contributed by atoms with Gasteiger partial charge in [-0.2, -0.15) is 0 Å². The van der Waals surface area contributed by atoms with Gasteiger partial charge in [0.05, 0.1) is 10.6 Å². The summed E-state index contributed by atoms with van der Waals surface area (Å²) >= 11 is 0. The second-order valence-corrected chi connectivity index (χ2v) is 12.2. The first-order valence-corrected chi connectivity index (χ1v) is 12.2. The topological polar surface area (TPSA) is 54.4 Å². The summed E-state index contributed by atoms with van der Waals surface area (Å²) in [4.78, 5) is 0.257. The van der Waals surface area contributed by atoms with E-state index in [1.165, 1.54) is 0 Å². The lowest BCUT2D eigenvalue weighted by Crippen LogP contribution is -2.19. The third-order valence-corrected chi connectivity index (χ3v) is 7.14. The third-order valence-electron chi connectivity index (χ3n) is 5.48. The number of phenols is 1. The van der Waals surface area contributed by atoms with Crippen LogP contribution in [0.5, 0.6) is 5.75 Å². The van der Waals surface area contributed by atoms with Crippen LogP contribution in [-0.4, -0.2) is 13.5 Å². The van der Waals surface area contributed by atoms with Gasteiger partial charge in [-0.25, -0.2) is 8.42 Å². The molecule has 0 unspecified atom stereocenters. The van der Waals surface area contributed by atoms with E-state index in [1.807, 2.05) is 96.1 Å². The first-order valence-electron chi connectivity index (χ1n) is 10.5. The fourth-order valence-electron chi connectivity index (χ4n) is 3.66. The van der Waals surface area contributed by atoms with Crippen molar-refractivity contribution >= 4 is 9.84 Å². The Labute approximate surface area is 186 Å². The smallest absolute Gasteiger partial charge is 0.182 e. The molecule has 0 spiro atoms. The molecule has 0 aliphatic carbocycles. The first kappa shape index (κ1) is 23.1. The van der Waals surface area contributed by atoms with Crippen LogP contribution in [0.2, 0.25) is 0 Å². The van der Waals surface area contributed by atoms with Crippen molar-refractivity contribution in [3.8, 4) is 16.9 Å². The van der Waals surface area contributed by atoms with E-state index in [9.17, 15) is 13.5 Å². The number of sulfone groups is 1. The van der Waals surface area contributed by atoms with Crippen LogP contribution >= 0.6 is 0 Å². The molecule has 0 fully saturated rings. The molecule has 0 atom stereocenters. The van der Waals surface area contributed by atoms with Gasteiger partial charge in [-0.1, -0.05) is 96.1 Å². The molecule has 0 saturated carbocycles. The molecule has 3 aromatic rings. The summed E-state index contributed by atoms with van der Waals surface area (Å²) in [6.07, 6.45) is 0. The summed E-state index contributed by atoms with van der Waals surface area (Å²) in [5.41, 5.74) is 3.43. The van der Waals surface area contributed by atoms with E-state index in [0.717, 1.165) is 16.7 Å². The maximum atomic E-state index is 13.3. The Morgan fingerprint density at radius 3 is 1.61 bits per heavy atom. The summed E-state index contributed by atoms with van der Waals surface area (Å²) in [6, 6.07) is 20.9. The van der Waals surface area contributed by atoms with E-state index < -0.39 is 9.84 Å². The van der Waals surface area contributed by atoms with Gasteiger partial charge in [-0.15, -0.1) is 0 Å². The van der Waals surface area contributed by atoms with E-state index in [0.29, 0.717) is 11.1 Å². The molecule has 0 aliphatic rings. The Morgan fingerprint density at radius 2 is 1.16 bits per heavy atom. The van der Waals surface area contributed by atoms with Gasteiger partial charge < -0.3 is 5.11 Å². The zero-order valence-corrected chi connectivity index (χ0v) is 20.0. The SMILES string of the molecule is CC(C)(C)c1cc(S(=O)(=O)Cc2ccc(-c3ccccc3)cc2)cc(C(C)(C)C)c1O. The quantitative estimate of drug-likeness (QED) is 0.499. The largest absolute Gasteiger partial charge is 0.507 e. The van der Waals surface area contributed by atoms with Gasteiger partial charge >= 0.3 is 0 Å². The van der Waals surface area contributed by atoms with Gasteiger partial charge in [-0.3, -0.25) is 0 Å². The molecule has 164 valence electrons. The molecule has 0 amide bonds. The van der Waals surface area contributed by atoms with Crippen molar-refractivity contribution in [3.05, 3.63) is 83.4 Å². The minimum atomic E-state index is -3.58. The first-order chi connectivity index (χ1) is 14.3. The fraction of sp³-hybridized carbons (Fsp3) is 0.333. The second-order valence-electron chi connectivity index (χ2n) is 10.2. The van der Waals surface area contributed by atoms with Crippen molar-refractivity contribution in [3.63, 3.8) is 0 Å². The van der Waals surface area contributed by atoms with Crippen molar-refractivity contribution in [1.29, 1.82) is 0 Å². The molecule has 1 N–H and O–H groups in total. The van der Waals surface area contributed by atoms with Crippen LogP contribution < -0.4 is 0 Å². The van der Waals surface area contributed by atoms with E-state index in [1.54, 1.807) is 12.1 Å². The molecule has 0 aromatic heterocycles. The fourth-order valence-corrected chi connectivity index (χ4v) is 5.05. The predicted octanol–water partition coefficient (Wildman–Crippen LogP) is 6.63. The normalized spacial score (nSPS) is 12.7. The Kier molecular flexibility index (Phi) is 6.07. The Hall–Kier alpha value is -2.59. The van der Waals surface area contributed by atoms with Crippen molar-refractivity contribution in [2.24, 2.45) is 0 Å². The standard InChI is InChI=1S/C27H32O3S/c1-26(2,3)23-16-22(17-24(25(23)28)27(4,5)6)31(29,30)18-19-12-14-21(15-13-19)20-10-8-7-9-11-20/h7-17,28H,18H2,1-6H3. The van der Waals surface area contributed by atoms with Crippen LogP contribution in [0.15, 0.2) is 71.6 Å². The van der Waals surface area contributed by atoms with Crippen molar-refractivity contribution in [2.45, 2.75) is 63.0 Å². The van der Waals surface area contributed by atoms with Gasteiger partial charge in [0.15, 0.2) is 9.84 Å². The molecule has 4 heteroatoms. The minimum absolute atomic E-state index is 0.0833. The van der Waals surface area contributed by atoms with Gasteiger partial charge in [0.25, 0.3) is 0 Å². The minimum Gasteiger partial charge on any atom is -0.507 e. The maximum absolute atomic E-state index is 13.3. The highest BCUT2D eigenvalue weighted by Gasteiger charge is 2.29. The molecule has 0 saturated heterocycles. The second kappa shape index (κ2) is 8.16. The Bertz CT molecular complexity index is 1130. The highest BCUT2D eigenvalue weighted by atomic mass is 32.2. The van der Waals surface area contributed by atoms with Crippen LogP contribution in [0, 0.1) is 0 Å². The zero-order chi connectivity index (χ0) is 23.0. The molecule has 0 radical (unpaired) electrons. The van der Waals surface area contributed by atoms with E-state index in [2.05, 4.69) is 0 Å². The van der Waals surface area contributed by atoms with E-state index >= 15 is 0 Å². The van der Waals surface area contributed by atoms with Crippen LogP contribution in [0.25, 0.3) is 11.1 Å². The molecular formula is C27H32O3S. The molecule has 0 heterocycles. The Balaban J connectivity index is 2.00. The van der Waals surface area contributed by atoms with Gasteiger partial charge in [0, 0.05) is 11.1 Å². The summed E-state index contributed by atoms with van der Waals surface area (Å²) in [5.74, 6) is 0.103. The summed E-state index contributed by atoms with van der Waals surface area (Å²) in [7, 11) is -3.58. The number of rotatable bonds is 4. The lowest BCUT2D eigenvalue weighted by atomic mass is 9.79. The summed E-state index contributed by atoms with van der Waals surface area (Å²) in [5, 5.41) is 10.9. The van der Waals surface area contributed by atoms with E-state index in [4.69, 9.17) is 0 Å². The summed E-state index contributed by atoms with van der Waals surface area (Å²) < 4.78 is 26.7. The van der Waals surface area contributed by atoms with Crippen LogP contribution in [0.3, 0.4) is 0 Å². The van der Waals surface area contributed by atoms with Gasteiger partial charge in [0.1, 0.15) is 5.75 Å². The zero-order valence-electron chi connectivity index (χ0n) is 19.2. The number of aromatic hydroxyl groups is 1. The van der Waals surface area contributed by atoms with Gasteiger partial charge in [-0.05, 0) is 39.7 Å². The molecule has 31 heavy (non-hydrogen) atoms. The lowest BCUT2D eigenvalue weighted by molar-refractivity contribution is 0.422. The molecule has 3 nitrogen and oxygen atoms in total. The molecule has 3 rings (SSSR count). The van der Waals surface area contributed by atoms with E-state index in [-0.39, 0.29) is 27.2 Å². The summed E-state index contributed by atoms with van der Waals surface area (Å²) in [6.45, 7) is 11.9. The molecule has 3 aromatic carbocycles. The van der Waals surface area contributed by atoms with Crippen molar-refractivity contribution in [1.82, 2.24) is 0 Å². The highest BCUT2D eigenvalue weighted by Crippen LogP contribution is 2.41. The predicted molar refractivity (Wildman–Crippen MR) is 128 cm³/mol. The lowest BCUT2D eigenvalue weighted by Gasteiger charge is -2.28. The van der Waals surface area contributed by atoms with Crippen LogP contribution in [0.1, 0.15) is 58.2 Å². The molecule has 0 aliphatic heterocycles. The van der Waals surface area contributed by atoms with Crippen LogP contribution in [-0.2, 0) is 26.4 Å². The van der Waals surface area contributed by atoms with Crippen LogP contribution in [0.4, 0.5) is 0 Å². The van der Waals surface area contributed by atoms with Gasteiger partial charge in [0.2, 0.25) is 0 Å². The third kappa shape index (κ3) is 5.19. The van der Waals surface area contributed by atoms with Crippen molar-refractivity contribution < 1.29 is 13.5 Å². The average molecular weight is 437 g/mol. The molecular weight excluding hydrogens is 404 g/mol. The monoisotopic (exact) mass is 436 g/mol. The number of phenolic OH excluding ortho intramolecular Hbond substituents is 1. The highest BCUT2D eigenvalue weighted by molar-refractivity contribution is 7.90. The number of hydrogen-bond acceptors (Lipinski definition) is 3. The number of hydrogen-bond donors (Lipinski definition) is 1. The Morgan fingerprint density at radius 1 is 0.710 bits per heavy atom. The molecule has 0 bridgehead atoms. The average Bonchev–Trinajstić information content (AvgIpc) is 2.67. The number of benzene rings is 3. The van der Waals surface area contributed by atoms with Crippen molar-refractivity contribution in [2.75, 3.05) is 0 Å².